The summed E-state index contributed by atoms with van der Waals surface area (Å²) in [5, 5.41) is 11.7. The Morgan fingerprint density at radius 1 is 1.08 bits per heavy atom. The van der Waals surface area contributed by atoms with Gasteiger partial charge in [-0.3, -0.25) is 0 Å². The van der Waals surface area contributed by atoms with Gasteiger partial charge >= 0.3 is 0 Å². The minimum Gasteiger partial charge on any atom is -0.250 e. The Kier molecular flexibility index (Phi) is 5.44. The van der Waals surface area contributed by atoms with Crippen molar-refractivity contribution in [1.82, 2.24) is 14.9 Å². The van der Waals surface area contributed by atoms with Crippen LogP contribution >= 0.6 is 24.0 Å². The van der Waals surface area contributed by atoms with Crippen molar-refractivity contribution < 1.29 is 0 Å². The number of benzene rings is 2. The average molecular weight is 383 g/mol. The molecule has 0 aliphatic rings. The van der Waals surface area contributed by atoms with Crippen LogP contribution in [-0.2, 0) is 5.41 Å². The van der Waals surface area contributed by atoms with E-state index in [1.807, 2.05) is 12.1 Å². The van der Waals surface area contributed by atoms with Crippen LogP contribution in [0.4, 0.5) is 0 Å². The Balaban J connectivity index is 1.91. The predicted octanol–water partition coefficient (Wildman–Crippen LogP) is 5.51. The van der Waals surface area contributed by atoms with Crippen LogP contribution in [0.15, 0.2) is 58.5 Å². The van der Waals surface area contributed by atoms with Crippen molar-refractivity contribution in [2.75, 3.05) is 6.26 Å². The molecule has 3 rings (SSSR count). The molecule has 26 heavy (non-hydrogen) atoms. The van der Waals surface area contributed by atoms with E-state index in [1.54, 1.807) is 22.7 Å². The van der Waals surface area contributed by atoms with Gasteiger partial charge in [-0.15, -0.1) is 11.8 Å². The number of aromatic amines is 1. The third-order valence-corrected chi connectivity index (χ3v) is 5.11. The number of hydrogen-bond acceptors (Lipinski definition) is 4. The first kappa shape index (κ1) is 18.6. The zero-order chi connectivity index (χ0) is 18.7. The summed E-state index contributed by atoms with van der Waals surface area (Å²) in [7, 11) is 0. The third-order valence-electron chi connectivity index (χ3n) is 4.10. The Bertz CT molecular complexity index is 959. The normalized spacial score (nSPS) is 12.0. The Morgan fingerprint density at radius 2 is 1.73 bits per heavy atom. The standard InChI is InChI=1S/C20H22N4S2/c1-20(2,3)16-9-7-15(8-10-16)18-22-23-19(25)24(18)21-13-14-5-11-17(26-4)12-6-14/h5-13H,1-4H3,(H,23,25)/b21-13+. The number of thioether (sulfide) groups is 1. The molecule has 4 nitrogen and oxygen atoms in total. The molecule has 0 bridgehead atoms. The largest absolute Gasteiger partial charge is 0.250 e. The highest BCUT2D eigenvalue weighted by Crippen LogP contribution is 2.25. The Morgan fingerprint density at radius 3 is 2.31 bits per heavy atom. The first-order valence-electron chi connectivity index (χ1n) is 8.35. The van der Waals surface area contributed by atoms with E-state index in [2.05, 4.69) is 78.7 Å². The molecule has 0 atom stereocenters. The minimum absolute atomic E-state index is 0.115. The van der Waals surface area contributed by atoms with E-state index in [4.69, 9.17) is 12.2 Å². The van der Waals surface area contributed by atoms with E-state index in [1.165, 1.54) is 10.5 Å². The van der Waals surface area contributed by atoms with Crippen molar-refractivity contribution in [3.05, 3.63) is 64.4 Å². The molecule has 0 unspecified atom stereocenters. The first-order chi connectivity index (χ1) is 12.4. The SMILES string of the molecule is CSc1ccc(/C=N/n2c(-c3ccc(C(C)(C)C)cc3)n[nH]c2=S)cc1. The van der Waals surface area contributed by atoms with E-state index >= 15 is 0 Å². The molecule has 1 heterocycles. The quantitative estimate of drug-likeness (QED) is 0.368. The maximum absolute atomic E-state index is 5.34. The van der Waals surface area contributed by atoms with Gasteiger partial charge in [-0.1, -0.05) is 57.2 Å². The zero-order valence-corrected chi connectivity index (χ0v) is 17.0. The van der Waals surface area contributed by atoms with Gasteiger partial charge < -0.3 is 0 Å². The molecule has 0 aliphatic heterocycles. The second-order valence-corrected chi connectivity index (χ2v) is 8.28. The number of H-pyrrole nitrogens is 1. The van der Waals surface area contributed by atoms with Crippen molar-refractivity contribution in [2.24, 2.45) is 5.10 Å². The lowest BCUT2D eigenvalue weighted by Gasteiger charge is -2.18. The van der Waals surface area contributed by atoms with E-state index in [0.29, 0.717) is 10.6 Å². The number of hydrogen-bond donors (Lipinski definition) is 1. The van der Waals surface area contributed by atoms with E-state index in [-0.39, 0.29) is 5.41 Å². The summed E-state index contributed by atoms with van der Waals surface area (Å²) in [6, 6.07) is 16.6. The van der Waals surface area contributed by atoms with Gasteiger partial charge in [0.25, 0.3) is 0 Å². The molecule has 6 heteroatoms. The van der Waals surface area contributed by atoms with Gasteiger partial charge in [0.1, 0.15) is 0 Å². The van der Waals surface area contributed by atoms with Gasteiger partial charge in [-0.05, 0) is 47.1 Å². The molecule has 2 aromatic carbocycles. The highest BCUT2D eigenvalue weighted by atomic mass is 32.2. The monoisotopic (exact) mass is 382 g/mol. The molecule has 0 saturated carbocycles. The molecule has 1 aromatic heterocycles. The molecule has 0 fully saturated rings. The Labute approximate surface area is 163 Å². The van der Waals surface area contributed by atoms with Crippen LogP contribution in [0.1, 0.15) is 31.9 Å². The van der Waals surface area contributed by atoms with Gasteiger partial charge in [0, 0.05) is 10.5 Å². The van der Waals surface area contributed by atoms with Crippen molar-refractivity contribution in [2.45, 2.75) is 31.1 Å². The van der Waals surface area contributed by atoms with Crippen LogP contribution in [-0.4, -0.2) is 27.3 Å². The summed E-state index contributed by atoms with van der Waals surface area (Å²) in [5.41, 5.74) is 3.38. The highest BCUT2D eigenvalue weighted by Gasteiger charge is 2.14. The van der Waals surface area contributed by atoms with E-state index < -0.39 is 0 Å². The van der Waals surface area contributed by atoms with Crippen LogP contribution in [0.3, 0.4) is 0 Å². The maximum Gasteiger partial charge on any atom is 0.216 e. The second-order valence-electron chi connectivity index (χ2n) is 7.01. The summed E-state index contributed by atoms with van der Waals surface area (Å²) in [6.07, 6.45) is 3.85. The van der Waals surface area contributed by atoms with Crippen molar-refractivity contribution in [1.29, 1.82) is 0 Å². The van der Waals surface area contributed by atoms with Crippen LogP contribution < -0.4 is 0 Å². The fourth-order valence-corrected chi connectivity index (χ4v) is 3.11. The van der Waals surface area contributed by atoms with Gasteiger partial charge in [0.15, 0.2) is 5.82 Å². The van der Waals surface area contributed by atoms with Crippen molar-refractivity contribution >= 4 is 30.2 Å². The van der Waals surface area contributed by atoms with Gasteiger partial charge in [-0.25, -0.2) is 5.10 Å². The molecule has 0 amide bonds. The van der Waals surface area contributed by atoms with Gasteiger partial charge in [0.05, 0.1) is 6.21 Å². The lowest BCUT2D eigenvalue weighted by atomic mass is 9.87. The topological polar surface area (TPSA) is 46.0 Å². The van der Waals surface area contributed by atoms with Crippen LogP contribution in [0, 0.1) is 4.77 Å². The van der Waals surface area contributed by atoms with E-state index in [9.17, 15) is 0 Å². The van der Waals surface area contributed by atoms with Crippen LogP contribution in [0.2, 0.25) is 0 Å². The van der Waals surface area contributed by atoms with Crippen LogP contribution in [0.25, 0.3) is 11.4 Å². The summed E-state index contributed by atoms with van der Waals surface area (Å²) in [5.74, 6) is 0.701. The molecule has 0 radical (unpaired) electrons. The molecular formula is C20H22N4S2. The average Bonchev–Trinajstić information content (AvgIpc) is 3.00. The third kappa shape index (κ3) is 4.14. The number of nitrogens with one attached hydrogen (secondary N) is 1. The molecule has 1 N–H and O–H groups in total. The summed E-state index contributed by atoms with van der Waals surface area (Å²) >= 11 is 7.06. The molecule has 3 aromatic rings. The summed E-state index contributed by atoms with van der Waals surface area (Å²) < 4.78 is 2.13. The smallest absolute Gasteiger partial charge is 0.216 e. The first-order valence-corrected chi connectivity index (χ1v) is 9.98. The molecular weight excluding hydrogens is 360 g/mol. The lowest BCUT2D eigenvalue weighted by molar-refractivity contribution is 0.590. The predicted molar refractivity (Wildman–Crippen MR) is 113 cm³/mol. The molecule has 134 valence electrons. The van der Waals surface area contributed by atoms with Gasteiger partial charge in [0.2, 0.25) is 4.77 Å². The summed E-state index contributed by atoms with van der Waals surface area (Å²) in [6.45, 7) is 6.60. The number of aromatic nitrogens is 3. The van der Waals surface area contributed by atoms with Crippen molar-refractivity contribution in [3.63, 3.8) is 0 Å². The fourth-order valence-electron chi connectivity index (χ4n) is 2.52. The highest BCUT2D eigenvalue weighted by molar-refractivity contribution is 7.98. The number of rotatable bonds is 4. The zero-order valence-electron chi connectivity index (χ0n) is 15.4. The summed E-state index contributed by atoms with van der Waals surface area (Å²) in [4.78, 5) is 1.22. The molecule has 0 saturated heterocycles. The fraction of sp³-hybridized carbons (Fsp3) is 0.250. The van der Waals surface area contributed by atoms with Crippen molar-refractivity contribution in [3.8, 4) is 11.4 Å². The van der Waals surface area contributed by atoms with Gasteiger partial charge in [-0.2, -0.15) is 14.9 Å². The Hall–Kier alpha value is -2.18. The number of nitrogens with zero attached hydrogens (tertiary/aromatic N) is 3. The molecule has 0 spiro atoms. The van der Waals surface area contributed by atoms with E-state index in [0.717, 1.165) is 11.1 Å². The maximum atomic E-state index is 5.34. The molecule has 0 aliphatic carbocycles. The lowest BCUT2D eigenvalue weighted by Crippen LogP contribution is -2.10. The van der Waals surface area contributed by atoms with Crippen LogP contribution in [0.5, 0.6) is 0 Å². The minimum atomic E-state index is 0.115. The second kappa shape index (κ2) is 7.60.